The first kappa shape index (κ1) is 13.1. The lowest BCUT2D eigenvalue weighted by molar-refractivity contribution is 0.462. The Balaban J connectivity index is 2.40. The standard InChI is InChI=1S/C12H8Cl2N2OS/c13-8-4-1-5-9(10(8)14)17-12-7(11(15)18)3-2-6-16-12/h1-6H,(H2,15,18). The number of aromatic nitrogens is 1. The number of rotatable bonds is 3. The number of nitrogens with two attached hydrogens (primary N) is 1. The average Bonchev–Trinajstić information content (AvgIpc) is 2.35. The van der Waals surface area contributed by atoms with E-state index in [0.29, 0.717) is 27.2 Å². The van der Waals surface area contributed by atoms with Crippen LogP contribution in [0.5, 0.6) is 11.6 Å². The van der Waals surface area contributed by atoms with Crippen molar-refractivity contribution in [3.8, 4) is 11.6 Å². The van der Waals surface area contributed by atoms with Gasteiger partial charge in [0.1, 0.15) is 15.8 Å². The fraction of sp³-hybridized carbons (Fsp3) is 0. The summed E-state index contributed by atoms with van der Waals surface area (Å²) in [7, 11) is 0. The SMILES string of the molecule is NC(=S)c1cccnc1Oc1cccc(Cl)c1Cl. The molecule has 2 N–H and O–H groups in total. The fourth-order valence-corrected chi connectivity index (χ4v) is 1.81. The summed E-state index contributed by atoms with van der Waals surface area (Å²) in [4.78, 5) is 4.28. The van der Waals surface area contributed by atoms with Crippen molar-refractivity contribution in [3.63, 3.8) is 0 Å². The second kappa shape index (κ2) is 5.52. The maximum Gasteiger partial charge on any atom is 0.229 e. The van der Waals surface area contributed by atoms with Crippen LogP contribution in [0, 0.1) is 0 Å². The van der Waals surface area contributed by atoms with Crippen molar-refractivity contribution in [3.05, 3.63) is 52.1 Å². The Morgan fingerprint density at radius 3 is 2.72 bits per heavy atom. The smallest absolute Gasteiger partial charge is 0.229 e. The molecule has 2 aromatic rings. The van der Waals surface area contributed by atoms with E-state index in [0.717, 1.165) is 0 Å². The number of pyridine rings is 1. The number of nitrogens with zero attached hydrogens (tertiary/aromatic N) is 1. The van der Waals surface area contributed by atoms with Gasteiger partial charge < -0.3 is 10.5 Å². The number of thiocarbonyl (C=S) groups is 1. The Morgan fingerprint density at radius 1 is 1.22 bits per heavy atom. The average molecular weight is 299 g/mol. The molecule has 0 spiro atoms. The summed E-state index contributed by atoms with van der Waals surface area (Å²) in [5.74, 6) is 0.703. The van der Waals surface area contributed by atoms with E-state index in [4.69, 9.17) is 45.9 Å². The number of hydrogen-bond acceptors (Lipinski definition) is 3. The highest BCUT2D eigenvalue weighted by Gasteiger charge is 2.11. The molecule has 0 bridgehead atoms. The van der Waals surface area contributed by atoms with Gasteiger partial charge in [0, 0.05) is 6.20 Å². The summed E-state index contributed by atoms with van der Waals surface area (Å²) in [6.07, 6.45) is 1.58. The van der Waals surface area contributed by atoms with Gasteiger partial charge in [-0.15, -0.1) is 0 Å². The molecule has 0 aliphatic rings. The van der Waals surface area contributed by atoms with Gasteiger partial charge in [-0.3, -0.25) is 0 Å². The van der Waals surface area contributed by atoms with Gasteiger partial charge in [0.15, 0.2) is 0 Å². The van der Waals surface area contributed by atoms with Crippen molar-refractivity contribution in [1.29, 1.82) is 0 Å². The Kier molecular flexibility index (Phi) is 4.01. The Bertz CT molecular complexity index is 604. The second-order valence-electron chi connectivity index (χ2n) is 3.37. The zero-order valence-corrected chi connectivity index (χ0v) is 11.4. The zero-order valence-electron chi connectivity index (χ0n) is 9.06. The maximum atomic E-state index is 6.03. The molecule has 0 fully saturated rings. The van der Waals surface area contributed by atoms with Crippen LogP contribution >= 0.6 is 35.4 Å². The van der Waals surface area contributed by atoms with Crippen LogP contribution in [0.15, 0.2) is 36.5 Å². The van der Waals surface area contributed by atoms with E-state index in [1.807, 2.05) is 0 Å². The number of benzene rings is 1. The third-order valence-electron chi connectivity index (χ3n) is 2.16. The van der Waals surface area contributed by atoms with E-state index in [1.165, 1.54) is 0 Å². The maximum absolute atomic E-state index is 6.03. The summed E-state index contributed by atoms with van der Waals surface area (Å²) in [6, 6.07) is 8.53. The lowest BCUT2D eigenvalue weighted by Gasteiger charge is -2.10. The molecule has 1 aromatic carbocycles. The highest BCUT2D eigenvalue weighted by atomic mass is 35.5. The number of ether oxygens (including phenoxy) is 1. The molecular formula is C12H8Cl2N2OS. The molecular weight excluding hydrogens is 291 g/mol. The highest BCUT2D eigenvalue weighted by molar-refractivity contribution is 7.80. The van der Waals surface area contributed by atoms with Crippen LogP contribution in [0.3, 0.4) is 0 Å². The molecule has 2 rings (SSSR count). The van der Waals surface area contributed by atoms with Crippen molar-refractivity contribution >= 4 is 40.4 Å². The molecule has 0 saturated carbocycles. The second-order valence-corrected chi connectivity index (χ2v) is 4.60. The van der Waals surface area contributed by atoms with E-state index in [2.05, 4.69) is 4.98 Å². The van der Waals surface area contributed by atoms with Crippen molar-refractivity contribution in [2.24, 2.45) is 5.73 Å². The van der Waals surface area contributed by atoms with Crippen LogP contribution in [0.25, 0.3) is 0 Å². The predicted molar refractivity (Wildman–Crippen MR) is 76.7 cm³/mol. The first-order valence-corrected chi connectivity index (χ1v) is 6.12. The van der Waals surface area contributed by atoms with Crippen LogP contribution < -0.4 is 10.5 Å². The molecule has 0 saturated heterocycles. The molecule has 18 heavy (non-hydrogen) atoms. The summed E-state index contributed by atoms with van der Waals surface area (Å²) < 4.78 is 5.59. The Hall–Kier alpha value is -1.36. The Labute approximate surface area is 119 Å². The molecule has 1 heterocycles. The molecule has 0 amide bonds. The topological polar surface area (TPSA) is 48.1 Å². The van der Waals surface area contributed by atoms with Crippen molar-refractivity contribution < 1.29 is 4.74 Å². The fourth-order valence-electron chi connectivity index (χ4n) is 1.33. The minimum atomic E-state index is 0.205. The third-order valence-corrected chi connectivity index (χ3v) is 3.18. The molecule has 3 nitrogen and oxygen atoms in total. The molecule has 0 unspecified atom stereocenters. The van der Waals surface area contributed by atoms with Gasteiger partial charge in [0.2, 0.25) is 5.88 Å². The van der Waals surface area contributed by atoms with Gasteiger partial charge in [0.05, 0.1) is 10.6 Å². The van der Waals surface area contributed by atoms with Crippen molar-refractivity contribution in [1.82, 2.24) is 4.98 Å². The molecule has 6 heteroatoms. The quantitative estimate of drug-likeness (QED) is 0.875. The normalized spacial score (nSPS) is 10.1. The first-order chi connectivity index (χ1) is 8.59. The predicted octanol–water partition coefficient (Wildman–Crippen LogP) is 3.81. The minimum Gasteiger partial charge on any atom is -0.437 e. The van der Waals surface area contributed by atoms with Gasteiger partial charge >= 0.3 is 0 Å². The van der Waals surface area contributed by atoms with Gasteiger partial charge in [-0.05, 0) is 24.3 Å². The van der Waals surface area contributed by atoms with Gasteiger partial charge in [0.25, 0.3) is 0 Å². The van der Waals surface area contributed by atoms with Gasteiger partial charge in [-0.1, -0.05) is 41.5 Å². The van der Waals surface area contributed by atoms with E-state index in [9.17, 15) is 0 Å². The van der Waals surface area contributed by atoms with E-state index in [1.54, 1.807) is 36.5 Å². The van der Waals surface area contributed by atoms with E-state index in [-0.39, 0.29) is 4.99 Å². The molecule has 0 radical (unpaired) electrons. The molecule has 92 valence electrons. The van der Waals surface area contributed by atoms with Crippen molar-refractivity contribution in [2.45, 2.75) is 0 Å². The minimum absolute atomic E-state index is 0.205. The first-order valence-electron chi connectivity index (χ1n) is 4.96. The summed E-state index contributed by atoms with van der Waals surface area (Å²) >= 11 is 16.8. The Morgan fingerprint density at radius 2 is 2.00 bits per heavy atom. The summed E-state index contributed by atoms with van der Waals surface area (Å²) in [5, 5.41) is 0.723. The lowest BCUT2D eigenvalue weighted by Crippen LogP contribution is -2.11. The zero-order chi connectivity index (χ0) is 13.1. The monoisotopic (exact) mass is 298 g/mol. The molecule has 0 atom stereocenters. The number of halogens is 2. The number of hydrogen-bond donors (Lipinski definition) is 1. The van der Waals surface area contributed by atoms with Crippen LogP contribution in [-0.4, -0.2) is 9.97 Å². The van der Waals surface area contributed by atoms with Crippen LogP contribution in [-0.2, 0) is 0 Å². The summed E-state index contributed by atoms with van der Waals surface area (Å²) in [5.41, 5.74) is 6.13. The van der Waals surface area contributed by atoms with E-state index >= 15 is 0 Å². The molecule has 1 aromatic heterocycles. The molecule has 0 aliphatic heterocycles. The van der Waals surface area contributed by atoms with E-state index < -0.39 is 0 Å². The van der Waals surface area contributed by atoms with Crippen LogP contribution in [0.1, 0.15) is 5.56 Å². The van der Waals surface area contributed by atoms with Gasteiger partial charge in [-0.2, -0.15) is 0 Å². The van der Waals surface area contributed by atoms with Crippen molar-refractivity contribution in [2.75, 3.05) is 0 Å². The van der Waals surface area contributed by atoms with Gasteiger partial charge in [-0.25, -0.2) is 4.98 Å². The largest absolute Gasteiger partial charge is 0.437 e. The summed E-state index contributed by atoms with van der Waals surface area (Å²) in [6.45, 7) is 0. The molecule has 0 aliphatic carbocycles. The highest BCUT2D eigenvalue weighted by Crippen LogP contribution is 2.34. The third kappa shape index (κ3) is 2.72. The lowest BCUT2D eigenvalue weighted by atomic mass is 10.2. The van der Waals surface area contributed by atoms with Crippen LogP contribution in [0.2, 0.25) is 10.0 Å². The van der Waals surface area contributed by atoms with Crippen LogP contribution in [0.4, 0.5) is 0 Å².